The normalized spacial score (nSPS) is 20.6. The molecule has 1 aliphatic rings. The lowest BCUT2D eigenvalue weighted by molar-refractivity contribution is 0.0534. The van der Waals surface area contributed by atoms with Crippen LogP contribution < -0.4 is 0 Å². The Morgan fingerprint density at radius 3 is 2.42 bits per heavy atom. The average Bonchev–Trinajstić information content (AvgIpc) is 2.64. The van der Waals surface area contributed by atoms with Crippen molar-refractivity contribution in [3.8, 4) is 0 Å². The van der Waals surface area contributed by atoms with Gasteiger partial charge in [0.25, 0.3) is 0 Å². The Labute approximate surface area is 142 Å². The van der Waals surface area contributed by atoms with Gasteiger partial charge in [-0.2, -0.15) is 0 Å². The van der Waals surface area contributed by atoms with Crippen LogP contribution in [0.1, 0.15) is 24.2 Å². The van der Waals surface area contributed by atoms with Crippen LogP contribution in [0.3, 0.4) is 0 Å². The van der Waals surface area contributed by atoms with E-state index in [0.717, 1.165) is 10.9 Å². The van der Waals surface area contributed by atoms with Crippen LogP contribution in [0.4, 0.5) is 0 Å². The maximum atomic E-state index is 6.36. The summed E-state index contributed by atoms with van der Waals surface area (Å²) in [7, 11) is 2.01. The summed E-state index contributed by atoms with van der Waals surface area (Å²) >= 11 is 0. The molecule has 3 aromatic carbocycles. The molecule has 0 saturated heterocycles. The van der Waals surface area contributed by atoms with Crippen LogP contribution in [0.25, 0.3) is 10.8 Å². The van der Waals surface area contributed by atoms with Crippen LogP contribution in [-0.4, -0.2) is 24.0 Å². The molecule has 1 heterocycles. The number of hydrazone groups is 1. The number of benzene rings is 3. The minimum atomic E-state index is -0.0392. The zero-order valence-corrected chi connectivity index (χ0v) is 13.9. The molecule has 4 rings (SSSR count). The minimum absolute atomic E-state index is 0.0392. The molecule has 3 nitrogen and oxygen atoms in total. The van der Waals surface area contributed by atoms with Crippen LogP contribution in [0.2, 0.25) is 0 Å². The fourth-order valence-electron chi connectivity index (χ4n) is 3.19. The molecule has 0 radical (unpaired) electrons. The fraction of sp³-hybridized carbons (Fsp3) is 0.190. The molecular weight excluding hydrogens is 296 g/mol. The van der Waals surface area contributed by atoms with Crippen molar-refractivity contribution >= 4 is 16.7 Å². The van der Waals surface area contributed by atoms with Gasteiger partial charge in [0.1, 0.15) is 6.10 Å². The highest BCUT2D eigenvalue weighted by molar-refractivity contribution is 6.07. The first kappa shape index (κ1) is 14.8. The average molecular weight is 316 g/mol. The number of hydrogen-bond acceptors (Lipinski definition) is 3. The molecule has 0 fully saturated rings. The van der Waals surface area contributed by atoms with E-state index in [9.17, 15) is 0 Å². The number of fused-ring (bicyclic) bond motifs is 1. The fourth-order valence-corrected chi connectivity index (χ4v) is 3.19. The lowest BCUT2D eigenvalue weighted by atomic mass is 10.0. The molecule has 3 heteroatoms. The molecule has 0 aromatic heterocycles. The molecule has 3 aromatic rings. The maximum Gasteiger partial charge on any atom is 0.239 e. The Bertz CT molecular complexity index is 883. The van der Waals surface area contributed by atoms with E-state index in [-0.39, 0.29) is 12.1 Å². The number of rotatable bonds is 2. The Kier molecular flexibility index (Phi) is 3.69. The van der Waals surface area contributed by atoms with Gasteiger partial charge in [0.15, 0.2) is 0 Å². The van der Waals surface area contributed by atoms with Gasteiger partial charge in [0.2, 0.25) is 5.90 Å². The molecule has 1 aliphatic heterocycles. The first-order chi connectivity index (χ1) is 11.7. The topological polar surface area (TPSA) is 24.8 Å². The van der Waals surface area contributed by atoms with E-state index >= 15 is 0 Å². The summed E-state index contributed by atoms with van der Waals surface area (Å²) in [5, 5.41) is 9.04. The zero-order valence-electron chi connectivity index (χ0n) is 13.9. The summed E-state index contributed by atoms with van der Waals surface area (Å²) in [5.41, 5.74) is 2.21. The Morgan fingerprint density at radius 2 is 1.58 bits per heavy atom. The van der Waals surface area contributed by atoms with E-state index in [0.29, 0.717) is 5.90 Å². The van der Waals surface area contributed by atoms with Gasteiger partial charge in [-0.3, -0.25) is 5.01 Å². The molecule has 2 atom stereocenters. The quantitative estimate of drug-likeness (QED) is 0.690. The molecule has 0 unspecified atom stereocenters. The van der Waals surface area contributed by atoms with Crippen molar-refractivity contribution in [2.75, 3.05) is 7.05 Å². The van der Waals surface area contributed by atoms with Gasteiger partial charge in [0, 0.05) is 12.6 Å². The zero-order chi connectivity index (χ0) is 16.5. The SMILES string of the molecule is C[C@H]1[C@H](c2ccccc2)OC(c2cccc3ccccc23)=NN1C. The van der Waals surface area contributed by atoms with Crippen LogP contribution >= 0.6 is 0 Å². The summed E-state index contributed by atoms with van der Waals surface area (Å²) in [6.45, 7) is 2.14. The highest BCUT2D eigenvalue weighted by Crippen LogP contribution is 2.31. The van der Waals surface area contributed by atoms with Gasteiger partial charge >= 0.3 is 0 Å². The summed E-state index contributed by atoms with van der Waals surface area (Å²) in [6.07, 6.45) is -0.0392. The maximum absolute atomic E-state index is 6.36. The van der Waals surface area contributed by atoms with Crippen molar-refractivity contribution in [3.05, 3.63) is 83.9 Å². The van der Waals surface area contributed by atoms with Gasteiger partial charge in [-0.1, -0.05) is 66.7 Å². The van der Waals surface area contributed by atoms with Gasteiger partial charge < -0.3 is 4.74 Å². The lowest BCUT2D eigenvalue weighted by Gasteiger charge is -2.36. The molecular formula is C21H20N2O. The molecule has 0 spiro atoms. The summed E-state index contributed by atoms with van der Waals surface area (Å²) < 4.78 is 6.36. The first-order valence-corrected chi connectivity index (χ1v) is 8.25. The van der Waals surface area contributed by atoms with Crippen LogP contribution in [0.5, 0.6) is 0 Å². The van der Waals surface area contributed by atoms with Crippen molar-refractivity contribution in [2.45, 2.75) is 19.1 Å². The van der Waals surface area contributed by atoms with E-state index < -0.39 is 0 Å². The van der Waals surface area contributed by atoms with Gasteiger partial charge in [0.05, 0.1) is 6.04 Å². The summed E-state index contributed by atoms with van der Waals surface area (Å²) in [5.74, 6) is 0.682. The lowest BCUT2D eigenvalue weighted by Crippen LogP contribution is -2.39. The second-order valence-corrected chi connectivity index (χ2v) is 6.20. The number of likely N-dealkylation sites (N-methyl/N-ethyl adjacent to an activating group) is 1. The Hall–Kier alpha value is -2.81. The van der Waals surface area contributed by atoms with Gasteiger partial charge in [-0.15, -0.1) is 5.10 Å². The summed E-state index contributed by atoms with van der Waals surface area (Å²) in [6, 6.07) is 25.1. The smallest absolute Gasteiger partial charge is 0.239 e. The number of hydrogen-bond donors (Lipinski definition) is 0. The largest absolute Gasteiger partial charge is 0.466 e. The van der Waals surface area contributed by atoms with Crippen LogP contribution in [-0.2, 0) is 4.74 Å². The predicted octanol–water partition coefficient (Wildman–Crippen LogP) is 4.59. The third-order valence-electron chi connectivity index (χ3n) is 4.66. The molecule has 0 bridgehead atoms. The van der Waals surface area contributed by atoms with Crippen molar-refractivity contribution < 1.29 is 4.74 Å². The number of ether oxygens (including phenoxy) is 1. The number of nitrogens with zero attached hydrogens (tertiary/aromatic N) is 2. The Morgan fingerprint density at radius 1 is 0.875 bits per heavy atom. The highest BCUT2D eigenvalue weighted by Gasteiger charge is 2.31. The second kappa shape index (κ2) is 6.00. The summed E-state index contributed by atoms with van der Waals surface area (Å²) in [4.78, 5) is 0. The predicted molar refractivity (Wildman–Crippen MR) is 98.0 cm³/mol. The van der Waals surface area contributed by atoms with Gasteiger partial charge in [-0.25, -0.2) is 0 Å². The third-order valence-corrected chi connectivity index (χ3v) is 4.66. The van der Waals surface area contributed by atoms with Crippen LogP contribution in [0.15, 0.2) is 77.9 Å². The van der Waals surface area contributed by atoms with E-state index in [1.807, 2.05) is 18.1 Å². The van der Waals surface area contributed by atoms with Crippen LogP contribution in [0, 0.1) is 0 Å². The van der Waals surface area contributed by atoms with E-state index in [4.69, 9.17) is 4.74 Å². The highest BCUT2D eigenvalue weighted by atomic mass is 16.5. The third kappa shape index (κ3) is 2.52. The Balaban J connectivity index is 1.79. The molecule has 0 saturated carbocycles. The molecule has 0 amide bonds. The molecule has 0 aliphatic carbocycles. The van der Waals surface area contributed by atoms with Crippen molar-refractivity contribution in [1.82, 2.24) is 5.01 Å². The monoisotopic (exact) mass is 316 g/mol. The molecule has 24 heavy (non-hydrogen) atoms. The van der Waals surface area contributed by atoms with Gasteiger partial charge in [-0.05, 0) is 29.3 Å². The molecule has 120 valence electrons. The van der Waals surface area contributed by atoms with E-state index in [1.54, 1.807) is 0 Å². The molecule has 0 N–H and O–H groups in total. The van der Waals surface area contributed by atoms with E-state index in [2.05, 4.69) is 78.8 Å². The van der Waals surface area contributed by atoms with Crippen molar-refractivity contribution in [1.29, 1.82) is 0 Å². The minimum Gasteiger partial charge on any atom is -0.466 e. The van der Waals surface area contributed by atoms with Crippen molar-refractivity contribution in [2.24, 2.45) is 5.10 Å². The second-order valence-electron chi connectivity index (χ2n) is 6.20. The van der Waals surface area contributed by atoms with Crippen molar-refractivity contribution in [3.63, 3.8) is 0 Å². The van der Waals surface area contributed by atoms with E-state index in [1.165, 1.54) is 10.9 Å². The first-order valence-electron chi connectivity index (χ1n) is 8.25. The standard InChI is InChI=1S/C21H20N2O/c1-15-20(17-10-4-3-5-11-17)24-21(22-23(15)2)19-14-8-12-16-9-6-7-13-18(16)19/h3-15,20H,1-2H3/t15-,20+/m0/s1.